The molecule has 1 N–H and O–H groups in total. The van der Waals surface area contributed by atoms with Crippen LogP contribution in [0.15, 0.2) is 0 Å². The molecule has 1 fully saturated rings. The summed E-state index contributed by atoms with van der Waals surface area (Å²) in [4.78, 5) is 0. The van der Waals surface area contributed by atoms with Crippen LogP contribution in [0.25, 0.3) is 0 Å². The molecule has 0 aromatic heterocycles. The molecule has 0 bridgehead atoms. The van der Waals surface area contributed by atoms with E-state index in [0.717, 1.165) is 18.6 Å². The lowest BCUT2D eigenvalue weighted by atomic mass is 9.83. The third-order valence-corrected chi connectivity index (χ3v) is 3.62. The molecule has 2 atom stereocenters. The minimum absolute atomic E-state index is 0.797. The van der Waals surface area contributed by atoms with Crippen molar-refractivity contribution in [3.8, 4) is 0 Å². The van der Waals surface area contributed by atoms with E-state index in [4.69, 9.17) is 4.74 Å². The molecule has 0 radical (unpaired) electrons. The molecule has 0 amide bonds. The number of hydrogen-bond donors (Lipinski definition) is 1. The number of methoxy groups -OCH3 is 1. The summed E-state index contributed by atoms with van der Waals surface area (Å²) in [5, 5.41) is 3.73. The number of nitrogens with one attached hydrogen (secondary N) is 1. The predicted octanol–water partition coefficient (Wildman–Crippen LogP) is 2.97. The van der Waals surface area contributed by atoms with Crippen LogP contribution in [-0.2, 0) is 4.74 Å². The zero-order valence-electron chi connectivity index (χ0n) is 10.4. The third-order valence-electron chi connectivity index (χ3n) is 3.62. The van der Waals surface area contributed by atoms with Crippen LogP contribution < -0.4 is 5.32 Å². The zero-order chi connectivity index (χ0) is 10.9. The molecule has 0 aromatic rings. The first-order chi connectivity index (χ1) is 7.38. The van der Waals surface area contributed by atoms with Crippen LogP contribution >= 0.6 is 0 Å². The van der Waals surface area contributed by atoms with Crippen molar-refractivity contribution in [2.45, 2.75) is 57.9 Å². The van der Waals surface area contributed by atoms with Crippen molar-refractivity contribution in [1.82, 2.24) is 5.32 Å². The molecule has 90 valence electrons. The number of unbranched alkanes of at least 4 members (excludes halogenated alkanes) is 1. The van der Waals surface area contributed by atoms with E-state index < -0.39 is 0 Å². The molecule has 1 aliphatic carbocycles. The first-order valence-electron chi connectivity index (χ1n) is 6.60. The lowest BCUT2D eigenvalue weighted by Crippen LogP contribution is -2.38. The molecule has 0 heterocycles. The molecule has 2 nitrogen and oxygen atoms in total. The first kappa shape index (κ1) is 13.0. The van der Waals surface area contributed by atoms with E-state index in [1.54, 1.807) is 7.11 Å². The van der Waals surface area contributed by atoms with Gasteiger partial charge < -0.3 is 10.1 Å². The second-order valence-electron chi connectivity index (χ2n) is 4.71. The highest BCUT2D eigenvalue weighted by Crippen LogP contribution is 2.26. The fraction of sp³-hybridized carbons (Fsp3) is 1.00. The molecule has 1 saturated carbocycles. The van der Waals surface area contributed by atoms with E-state index in [2.05, 4.69) is 12.2 Å². The number of rotatable bonds is 7. The van der Waals surface area contributed by atoms with Gasteiger partial charge in [-0.2, -0.15) is 0 Å². The van der Waals surface area contributed by atoms with Crippen LogP contribution in [0.1, 0.15) is 51.9 Å². The van der Waals surface area contributed by atoms with Gasteiger partial charge in [-0.05, 0) is 38.1 Å². The van der Waals surface area contributed by atoms with Crippen molar-refractivity contribution >= 4 is 0 Å². The van der Waals surface area contributed by atoms with E-state index in [1.807, 2.05) is 0 Å². The Kier molecular flexibility index (Phi) is 7.03. The van der Waals surface area contributed by atoms with Gasteiger partial charge in [-0.3, -0.25) is 0 Å². The maximum Gasteiger partial charge on any atom is 0.0462 e. The van der Waals surface area contributed by atoms with Gasteiger partial charge in [0, 0.05) is 19.8 Å². The first-order valence-corrected chi connectivity index (χ1v) is 6.60. The Hall–Kier alpha value is -0.0800. The van der Waals surface area contributed by atoms with E-state index in [1.165, 1.54) is 51.5 Å². The van der Waals surface area contributed by atoms with Crippen molar-refractivity contribution in [2.24, 2.45) is 5.92 Å². The van der Waals surface area contributed by atoms with Crippen molar-refractivity contribution in [1.29, 1.82) is 0 Å². The SMILES string of the molecule is CCC1CCCCC1NCCCCOC. The molecule has 0 aliphatic heterocycles. The number of ether oxygens (including phenoxy) is 1. The minimum atomic E-state index is 0.797. The lowest BCUT2D eigenvalue weighted by Gasteiger charge is -2.31. The number of hydrogen-bond acceptors (Lipinski definition) is 2. The highest BCUT2D eigenvalue weighted by Gasteiger charge is 2.22. The van der Waals surface area contributed by atoms with Crippen LogP contribution in [0.5, 0.6) is 0 Å². The molecule has 2 unspecified atom stereocenters. The Balaban J connectivity index is 2.07. The van der Waals surface area contributed by atoms with Crippen LogP contribution in [0.4, 0.5) is 0 Å². The summed E-state index contributed by atoms with van der Waals surface area (Å²) >= 11 is 0. The van der Waals surface area contributed by atoms with Crippen molar-refractivity contribution in [3.05, 3.63) is 0 Å². The van der Waals surface area contributed by atoms with Gasteiger partial charge in [-0.1, -0.05) is 26.2 Å². The molecule has 0 aromatic carbocycles. The predicted molar refractivity (Wildman–Crippen MR) is 65.1 cm³/mol. The molecule has 1 aliphatic rings. The maximum absolute atomic E-state index is 5.05. The largest absolute Gasteiger partial charge is 0.385 e. The Bertz CT molecular complexity index is 149. The smallest absolute Gasteiger partial charge is 0.0462 e. The molecule has 0 saturated heterocycles. The summed E-state index contributed by atoms with van der Waals surface area (Å²) in [7, 11) is 1.78. The van der Waals surface area contributed by atoms with Crippen molar-refractivity contribution in [2.75, 3.05) is 20.3 Å². The highest BCUT2D eigenvalue weighted by atomic mass is 16.5. The average Bonchev–Trinajstić information content (AvgIpc) is 2.29. The van der Waals surface area contributed by atoms with Gasteiger partial charge in [0.25, 0.3) is 0 Å². The summed E-state index contributed by atoms with van der Waals surface area (Å²) in [6.07, 6.45) is 9.48. The Morgan fingerprint density at radius 3 is 2.73 bits per heavy atom. The zero-order valence-corrected chi connectivity index (χ0v) is 10.4. The average molecular weight is 213 g/mol. The summed E-state index contributed by atoms with van der Waals surface area (Å²) in [6.45, 7) is 4.41. The van der Waals surface area contributed by atoms with Gasteiger partial charge in [0.2, 0.25) is 0 Å². The second-order valence-corrected chi connectivity index (χ2v) is 4.71. The molecule has 1 rings (SSSR count). The Morgan fingerprint density at radius 2 is 2.00 bits per heavy atom. The van der Waals surface area contributed by atoms with Gasteiger partial charge in [0.05, 0.1) is 0 Å². The topological polar surface area (TPSA) is 21.3 Å². The van der Waals surface area contributed by atoms with E-state index >= 15 is 0 Å². The van der Waals surface area contributed by atoms with Gasteiger partial charge in [-0.25, -0.2) is 0 Å². The van der Waals surface area contributed by atoms with Crippen LogP contribution in [0.3, 0.4) is 0 Å². The molecule has 2 heteroatoms. The van der Waals surface area contributed by atoms with Crippen LogP contribution in [-0.4, -0.2) is 26.3 Å². The lowest BCUT2D eigenvalue weighted by molar-refractivity contribution is 0.190. The monoisotopic (exact) mass is 213 g/mol. The van der Waals surface area contributed by atoms with Gasteiger partial charge in [-0.15, -0.1) is 0 Å². The maximum atomic E-state index is 5.05. The van der Waals surface area contributed by atoms with Crippen molar-refractivity contribution < 1.29 is 4.74 Å². The molecule has 0 spiro atoms. The fourth-order valence-corrected chi connectivity index (χ4v) is 2.62. The molecular weight excluding hydrogens is 186 g/mol. The molecule has 15 heavy (non-hydrogen) atoms. The van der Waals surface area contributed by atoms with E-state index in [0.29, 0.717) is 0 Å². The normalized spacial score (nSPS) is 26.8. The Morgan fingerprint density at radius 1 is 1.20 bits per heavy atom. The van der Waals surface area contributed by atoms with Gasteiger partial charge in [0.15, 0.2) is 0 Å². The summed E-state index contributed by atoms with van der Waals surface area (Å²) in [5.74, 6) is 0.932. The standard InChI is InChI=1S/C13H27NO/c1-3-12-8-4-5-9-13(12)14-10-6-7-11-15-2/h12-14H,3-11H2,1-2H3. The van der Waals surface area contributed by atoms with Crippen molar-refractivity contribution in [3.63, 3.8) is 0 Å². The van der Waals surface area contributed by atoms with E-state index in [-0.39, 0.29) is 0 Å². The third kappa shape index (κ3) is 4.98. The summed E-state index contributed by atoms with van der Waals surface area (Å²) in [6, 6.07) is 0.797. The second kappa shape index (κ2) is 8.12. The fourth-order valence-electron chi connectivity index (χ4n) is 2.62. The summed E-state index contributed by atoms with van der Waals surface area (Å²) < 4.78 is 5.05. The highest BCUT2D eigenvalue weighted by molar-refractivity contribution is 4.79. The Labute approximate surface area is 94.8 Å². The van der Waals surface area contributed by atoms with E-state index in [9.17, 15) is 0 Å². The minimum Gasteiger partial charge on any atom is -0.385 e. The quantitative estimate of drug-likeness (QED) is 0.656. The summed E-state index contributed by atoms with van der Waals surface area (Å²) in [5.41, 5.74) is 0. The van der Waals surface area contributed by atoms with Gasteiger partial charge in [0.1, 0.15) is 0 Å². The van der Waals surface area contributed by atoms with Crippen LogP contribution in [0, 0.1) is 5.92 Å². The van der Waals surface area contributed by atoms with Gasteiger partial charge >= 0.3 is 0 Å². The molecular formula is C13H27NO. The van der Waals surface area contributed by atoms with Crippen LogP contribution in [0.2, 0.25) is 0 Å².